The summed E-state index contributed by atoms with van der Waals surface area (Å²) in [5.74, 6) is 0.289. The highest BCUT2D eigenvalue weighted by Gasteiger charge is 2.11. The van der Waals surface area contributed by atoms with Gasteiger partial charge in [-0.15, -0.1) is 0 Å². The third-order valence-electron chi connectivity index (χ3n) is 3.30. The number of hydrogen-bond acceptors (Lipinski definition) is 2. The van der Waals surface area contributed by atoms with Crippen LogP contribution < -0.4 is 5.32 Å². The quantitative estimate of drug-likeness (QED) is 0.830. The van der Waals surface area contributed by atoms with Crippen molar-refractivity contribution in [2.24, 2.45) is 0 Å². The molecule has 2 N–H and O–H groups in total. The van der Waals surface area contributed by atoms with Gasteiger partial charge < -0.3 is 10.4 Å². The molecular formula is C16H18ClNO. The van der Waals surface area contributed by atoms with E-state index in [1.165, 1.54) is 0 Å². The van der Waals surface area contributed by atoms with Crippen LogP contribution in [0, 0.1) is 6.92 Å². The summed E-state index contributed by atoms with van der Waals surface area (Å²) in [4.78, 5) is 0. The first kappa shape index (κ1) is 13.8. The Kier molecular flexibility index (Phi) is 4.33. The van der Waals surface area contributed by atoms with Gasteiger partial charge in [0.2, 0.25) is 0 Å². The van der Waals surface area contributed by atoms with Crippen LogP contribution in [0.15, 0.2) is 42.5 Å². The molecule has 2 nitrogen and oxygen atoms in total. The van der Waals surface area contributed by atoms with Crippen LogP contribution in [0.25, 0.3) is 0 Å². The first-order chi connectivity index (χ1) is 9.11. The first-order valence-electron chi connectivity index (χ1n) is 6.42. The molecule has 0 fully saturated rings. The Bertz CT molecular complexity index is 551. The summed E-state index contributed by atoms with van der Waals surface area (Å²) in [6.45, 7) is 4.14. The van der Waals surface area contributed by atoms with E-state index in [2.05, 4.69) is 12.2 Å². The maximum absolute atomic E-state index is 9.34. The molecule has 1 atom stereocenters. The third-order valence-corrected chi connectivity index (χ3v) is 3.71. The lowest BCUT2D eigenvalue weighted by Gasteiger charge is -2.20. The van der Waals surface area contributed by atoms with Gasteiger partial charge in [-0.25, -0.2) is 0 Å². The fraction of sp³-hybridized carbons (Fsp3) is 0.250. The van der Waals surface area contributed by atoms with E-state index in [-0.39, 0.29) is 11.8 Å². The highest BCUT2D eigenvalue weighted by atomic mass is 35.5. The summed E-state index contributed by atoms with van der Waals surface area (Å²) in [5.41, 5.74) is 3.26. The van der Waals surface area contributed by atoms with Crippen molar-refractivity contribution in [3.05, 3.63) is 58.6 Å². The lowest BCUT2D eigenvalue weighted by atomic mass is 10.0. The van der Waals surface area contributed by atoms with E-state index in [4.69, 9.17) is 11.6 Å². The maximum atomic E-state index is 9.34. The SMILES string of the molecule is CCC(Nc1cccc(Cl)c1C)c1ccc(O)cc1. The van der Waals surface area contributed by atoms with E-state index in [9.17, 15) is 5.11 Å². The summed E-state index contributed by atoms with van der Waals surface area (Å²) < 4.78 is 0. The molecule has 0 bridgehead atoms. The molecule has 0 heterocycles. The average Bonchev–Trinajstić information content (AvgIpc) is 2.42. The Labute approximate surface area is 119 Å². The number of phenols is 1. The van der Waals surface area contributed by atoms with Gasteiger partial charge in [-0.1, -0.05) is 36.7 Å². The number of hydrogen-bond donors (Lipinski definition) is 2. The fourth-order valence-electron chi connectivity index (χ4n) is 2.08. The number of benzene rings is 2. The normalized spacial score (nSPS) is 12.2. The smallest absolute Gasteiger partial charge is 0.115 e. The largest absolute Gasteiger partial charge is 0.508 e. The Morgan fingerprint density at radius 3 is 2.47 bits per heavy atom. The predicted molar refractivity (Wildman–Crippen MR) is 81.0 cm³/mol. The summed E-state index contributed by atoms with van der Waals surface area (Å²) in [6.07, 6.45) is 0.955. The highest BCUT2D eigenvalue weighted by Crippen LogP contribution is 2.28. The number of phenolic OH excluding ortho intramolecular Hbond substituents is 1. The van der Waals surface area contributed by atoms with Crippen molar-refractivity contribution in [1.82, 2.24) is 0 Å². The molecule has 0 aliphatic rings. The Balaban J connectivity index is 2.24. The molecule has 0 amide bonds. The second-order valence-electron chi connectivity index (χ2n) is 4.61. The number of aromatic hydroxyl groups is 1. The molecule has 0 aliphatic carbocycles. The Morgan fingerprint density at radius 2 is 1.84 bits per heavy atom. The molecule has 2 rings (SSSR count). The molecule has 1 unspecified atom stereocenters. The summed E-state index contributed by atoms with van der Waals surface area (Å²) in [6, 6.07) is 13.4. The molecule has 0 spiro atoms. The fourth-order valence-corrected chi connectivity index (χ4v) is 2.25. The van der Waals surface area contributed by atoms with Crippen molar-refractivity contribution in [2.75, 3.05) is 5.32 Å². The molecule has 0 saturated carbocycles. The average molecular weight is 276 g/mol. The van der Waals surface area contributed by atoms with Crippen molar-refractivity contribution in [2.45, 2.75) is 26.3 Å². The van der Waals surface area contributed by atoms with E-state index in [1.54, 1.807) is 12.1 Å². The molecule has 19 heavy (non-hydrogen) atoms. The van der Waals surface area contributed by atoms with E-state index in [1.807, 2.05) is 37.3 Å². The number of anilines is 1. The van der Waals surface area contributed by atoms with Crippen LogP contribution in [0.1, 0.15) is 30.5 Å². The minimum atomic E-state index is 0.206. The summed E-state index contributed by atoms with van der Waals surface area (Å²) >= 11 is 6.13. The van der Waals surface area contributed by atoms with Crippen LogP contribution in [-0.4, -0.2) is 5.11 Å². The molecule has 0 aromatic heterocycles. The van der Waals surface area contributed by atoms with Gasteiger partial charge >= 0.3 is 0 Å². The minimum absolute atomic E-state index is 0.206. The molecule has 2 aromatic carbocycles. The molecular weight excluding hydrogens is 258 g/mol. The zero-order valence-electron chi connectivity index (χ0n) is 11.2. The Morgan fingerprint density at radius 1 is 1.16 bits per heavy atom. The molecule has 0 radical (unpaired) electrons. The first-order valence-corrected chi connectivity index (χ1v) is 6.80. The number of nitrogens with one attached hydrogen (secondary N) is 1. The van der Waals surface area contributed by atoms with Crippen molar-refractivity contribution in [1.29, 1.82) is 0 Å². The second-order valence-corrected chi connectivity index (χ2v) is 5.02. The van der Waals surface area contributed by atoms with E-state index >= 15 is 0 Å². The molecule has 3 heteroatoms. The lowest BCUT2D eigenvalue weighted by molar-refractivity contribution is 0.475. The van der Waals surface area contributed by atoms with Crippen molar-refractivity contribution >= 4 is 17.3 Å². The van der Waals surface area contributed by atoms with Crippen LogP contribution in [0.5, 0.6) is 5.75 Å². The van der Waals surface area contributed by atoms with Crippen molar-refractivity contribution in [3.8, 4) is 5.75 Å². The monoisotopic (exact) mass is 275 g/mol. The maximum Gasteiger partial charge on any atom is 0.115 e. The topological polar surface area (TPSA) is 32.3 Å². The van der Waals surface area contributed by atoms with E-state index < -0.39 is 0 Å². The van der Waals surface area contributed by atoms with Gasteiger partial charge in [0.1, 0.15) is 5.75 Å². The minimum Gasteiger partial charge on any atom is -0.508 e. The van der Waals surface area contributed by atoms with Crippen LogP contribution in [0.4, 0.5) is 5.69 Å². The van der Waals surface area contributed by atoms with Crippen LogP contribution in [0.3, 0.4) is 0 Å². The van der Waals surface area contributed by atoms with Gasteiger partial charge in [0.15, 0.2) is 0 Å². The number of rotatable bonds is 4. The standard InChI is InChI=1S/C16H18ClNO/c1-3-15(12-7-9-13(19)10-8-12)18-16-6-4-5-14(17)11(16)2/h4-10,15,18-19H,3H2,1-2H3. The second kappa shape index (κ2) is 5.98. The number of halogens is 1. The Hall–Kier alpha value is -1.67. The van der Waals surface area contributed by atoms with Gasteiger partial charge in [0.25, 0.3) is 0 Å². The molecule has 100 valence electrons. The van der Waals surface area contributed by atoms with Gasteiger partial charge in [-0.05, 0) is 48.7 Å². The third kappa shape index (κ3) is 3.21. The van der Waals surface area contributed by atoms with Gasteiger partial charge in [-0.2, -0.15) is 0 Å². The van der Waals surface area contributed by atoms with E-state index in [0.717, 1.165) is 28.3 Å². The predicted octanol–water partition coefficient (Wildman–Crippen LogP) is 4.92. The molecule has 0 aliphatic heterocycles. The van der Waals surface area contributed by atoms with Crippen LogP contribution in [0.2, 0.25) is 5.02 Å². The summed E-state index contributed by atoms with van der Waals surface area (Å²) in [7, 11) is 0. The zero-order valence-corrected chi connectivity index (χ0v) is 11.9. The van der Waals surface area contributed by atoms with Crippen LogP contribution >= 0.6 is 11.6 Å². The zero-order chi connectivity index (χ0) is 13.8. The molecule has 2 aromatic rings. The van der Waals surface area contributed by atoms with Crippen molar-refractivity contribution < 1.29 is 5.11 Å². The highest BCUT2D eigenvalue weighted by molar-refractivity contribution is 6.31. The van der Waals surface area contributed by atoms with Crippen molar-refractivity contribution in [3.63, 3.8) is 0 Å². The van der Waals surface area contributed by atoms with Gasteiger partial charge in [-0.3, -0.25) is 0 Å². The van der Waals surface area contributed by atoms with Crippen LogP contribution in [-0.2, 0) is 0 Å². The summed E-state index contributed by atoms with van der Waals surface area (Å²) in [5, 5.41) is 13.6. The lowest BCUT2D eigenvalue weighted by Crippen LogP contribution is -2.10. The molecule has 0 saturated heterocycles. The van der Waals surface area contributed by atoms with Gasteiger partial charge in [0, 0.05) is 10.7 Å². The van der Waals surface area contributed by atoms with E-state index in [0.29, 0.717) is 0 Å². The van der Waals surface area contributed by atoms with Gasteiger partial charge in [0.05, 0.1) is 6.04 Å².